The largest absolute Gasteiger partial charge is 0.353 e. The molecule has 1 N–H and O–H groups in total. The van der Waals surface area contributed by atoms with Crippen LogP contribution in [0.5, 0.6) is 0 Å². The van der Waals surface area contributed by atoms with Gasteiger partial charge in [0, 0.05) is 49.9 Å². The van der Waals surface area contributed by atoms with Gasteiger partial charge in [-0.15, -0.1) is 0 Å². The van der Waals surface area contributed by atoms with E-state index >= 15 is 0 Å². The van der Waals surface area contributed by atoms with Gasteiger partial charge in [0.15, 0.2) is 0 Å². The number of pyridine rings is 1. The molecule has 0 unspecified atom stereocenters. The number of hydrogen-bond acceptors (Lipinski definition) is 6. The Morgan fingerprint density at radius 1 is 1.03 bits per heavy atom. The summed E-state index contributed by atoms with van der Waals surface area (Å²) in [5, 5.41) is 3.93. The van der Waals surface area contributed by atoms with Gasteiger partial charge in [-0.2, -0.15) is 0 Å². The summed E-state index contributed by atoms with van der Waals surface area (Å²) in [6, 6.07) is 15.3. The van der Waals surface area contributed by atoms with Crippen LogP contribution in [-0.4, -0.2) is 51.9 Å². The third kappa shape index (κ3) is 5.70. The molecule has 1 aliphatic heterocycles. The highest BCUT2D eigenvalue weighted by molar-refractivity contribution is 6.30. The Kier molecular flexibility index (Phi) is 6.62. The number of aryl methyl sites for hydroxylation is 2. The standard InChI is InChI=1S/C23H25ClN6O/c1-17-26-21(28-20-7-2-3-10-25-20)16-22(27-17)29-11-13-30(14-12-29)23(31)9-8-18-5-4-6-19(24)15-18/h2-7,10,15-16H,8-9,11-14H2,1H3,(H,25,26,27,28). The Bertz CT molecular complexity index is 1040. The quantitative estimate of drug-likeness (QED) is 0.632. The van der Waals surface area contributed by atoms with E-state index < -0.39 is 0 Å². The van der Waals surface area contributed by atoms with Crippen molar-refractivity contribution in [2.45, 2.75) is 19.8 Å². The van der Waals surface area contributed by atoms with Crippen LogP contribution in [0.15, 0.2) is 54.7 Å². The molecule has 3 aromatic rings. The van der Waals surface area contributed by atoms with Crippen molar-refractivity contribution in [3.05, 3.63) is 71.1 Å². The molecule has 0 saturated carbocycles. The highest BCUT2D eigenvalue weighted by Gasteiger charge is 2.22. The van der Waals surface area contributed by atoms with E-state index in [0.29, 0.717) is 42.6 Å². The van der Waals surface area contributed by atoms with E-state index in [1.807, 2.05) is 60.4 Å². The Balaban J connectivity index is 1.33. The van der Waals surface area contributed by atoms with Crippen molar-refractivity contribution in [2.75, 3.05) is 36.4 Å². The minimum Gasteiger partial charge on any atom is -0.353 e. The molecule has 1 amide bonds. The number of amides is 1. The maximum absolute atomic E-state index is 12.6. The lowest BCUT2D eigenvalue weighted by molar-refractivity contribution is -0.131. The Hall–Kier alpha value is -3.19. The molecule has 7 nitrogen and oxygen atoms in total. The summed E-state index contributed by atoms with van der Waals surface area (Å²) in [5.74, 6) is 3.17. The fourth-order valence-electron chi connectivity index (χ4n) is 3.63. The second-order valence-corrected chi connectivity index (χ2v) is 7.93. The average molecular weight is 437 g/mol. The number of anilines is 3. The van der Waals surface area contributed by atoms with Crippen molar-refractivity contribution in [3.8, 4) is 0 Å². The molecule has 0 bridgehead atoms. The zero-order valence-corrected chi connectivity index (χ0v) is 18.2. The average Bonchev–Trinajstić information content (AvgIpc) is 2.78. The van der Waals surface area contributed by atoms with E-state index in [0.717, 1.165) is 30.3 Å². The van der Waals surface area contributed by atoms with Gasteiger partial charge in [-0.1, -0.05) is 29.8 Å². The number of nitrogens with one attached hydrogen (secondary N) is 1. The van der Waals surface area contributed by atoms with Gasteiger partial charge in [0.1, 0.15) is 23.3 Å². The van der Waals surface area contributed by atoms with Crippen molar-refractivity contribution in [2.24, 2.45) is 0 Å². The number of hydrogen-bond donors (Lipinski definition) is 1. The molecule has 1 saturated heterocycles. The molecule has 160 valence electrons. The van der Waals surface area contributed by atoms with Crippen molar-refractivity contribution >= 4 is 35.0 Å². The smallest absolute Gasteiger partial charge is 0.223 e. The molecule has 31 heavy (non-hydrogen) atoms. The highest BCUT2D eigenvalue weighted by Crippen LogP contribution is 2.20. The third-order valence-corrected chi connectivity index (χ3v) is 5.45. The van der Waals surface area contributed by atoms with Crippen molar-refractivity contribution < 1.29 is 4.79 Å². The molecular formula is C23H25ClN6O. The summed E-state index contributed by atoms with van der Waals surface area (Å²) in [4.78, 5) is 30.1. The van der Waals surface area contributed by atoms with Gasteiger partial charge < -0.3 is 15.1 Å². The molecule has 4 rings (SSSR count). The van der Waals surface area contributed by atoms with Crippen LogP contribution in [0.3, 0.4) is 0 Å². The van der Waals surface area contributed by atoms with Gasteiger partial charge in [0.05, 0.1) is 0 Å². The minimum absolute atomic E-state index is 0.177. The van der Waals surface area contributed by atoms with Gasteiger partial charge in [-0.3, -0.25) is 4.79 Å². The van der Waals surface area contributed by atoms with Crippen LogP contribution in [0, 0.1) is 6.92 Å². The second kappa shape index (κ2) is 9.75. The van der Waals surface area contributed by atoms with Crippen LogP contribution in [0.2, 0.25) is 5.02 Å². The SMILES string of the molecule is Cc1nc(Nc2ccccn2)cc(N2CCN(C(=O)CCc3cccc(Cl)c3)CC2)n1. The van der Waals surface area contributed by atoms with E-state index in [1.165, 1.54) is 0 Å². The Labute approximate surface area is 187 Å². The van der Waals surface area contributed by atoms with Crippen LogP contribution in [0.1, 0.15) is 17.8 Å². The topological polar surface area (TPSA) is 74.2 Å². The normalized spacial score (nSPS) is 13.9. The summed E-state index contributed by atoms with van der Waals surface area (Å²) in [6.45, 7) is 4.72. The van der Waals surface area contributed by atoms with Crippen LogP contribution >= 0.6 is 11.6 Å². The third-order valence-electron chi connectivity index (χ3n) is 5.22. The molecule has 1 aliphatic rings. The number of benzene rings is 1. The molecular weight excluding hydrogens is 412 g/mol. The zero-order valence-electron chi connectivity index (χ0n) is 17.5. The molecule has 0 radical (unpaired) electrons. The minimum atomic E-state index is 0.177. The van der Waals surface area contributed by atoms with E-state index in [-0.39, 0.29) is 5.91 Å². The first kappa shape index (κ1) is 21.1. The van der Waals surface area contributed by atoms with Crippen LogP contribution < -0.4 is 10.2 Å². The summed E-state index contributed by atoms with van der Waals surface area (Å²) >= 11 is 6.03. The number of aromatic nitrogens is 3. The molecule has 8 heteroatoms. The predicted molar refractivity (Wildman–Crippen MR) is 123 cm³/mol. The van der Waals surface area contributed by atoms with E-state index in [2.05, 4.69) is 25.2 Å². The Morgan fingerprint density at radius 2 is 1.87 bits per heavy atom. The summed E-state index contributed by atoms with van der Waals surface area (Å²) < 4.78 is 0. The predicted octanol–water partition coefficient (Wildman–Crippen LogP) is 3.86. The Morgan fingerprint density at radius 3 is 2.61 bits per heavy atom. The maximum Gasteiger partial charge on any atom is 0.223 e. The number of nitrogens with zero attached hydrogens (tertiary/aromatic N) is 5. The lowest BCUT2D eigenvalue weighted by atomic mass is 10.1. The summed E-state index contributed by atoms with van der Waals surface area (Å²) in [7, 11) is 0. The fourth-order valence-corrected chi connectivity index (χ4v) is 3.85. The first-order chi connectivity index (χ1) is 15.1. The van der Waals surface area contributed by atoms with E-state index in [9.17, 15) is 4.79 Å². The molecule has 2 aromatic heterocycles. The lowest BCUT2D eigenvalue weighted by Crippen LogP contribution is -2.49. The van der Waals surface area contributed by atoms with Crippen LogP contribution in [0.4, 0.5) is 17.5 Å². The summed E-state index contributed by atoms with van der Waals surface area (Å²) in [5.41, 5.74) is 1.09. The molecule has 3 heterocycles. The maximum atomic E-state index is 12.6. The number of rotatable bonds is 6. The highest BCUT2D eigenvalue weighted by atomic mass is 35.5. The van der Waals surface area contributed by atoms with Gasteiger partial charge in [0.2, 0.25) is 5.91 Å². The molecule has 0 atom stereocenters. The molecule has 0 spiro atoms. The van der Waals surface area contributed by atoms with Gasteiger partial charge in [0.25, 0.3) is 0 Å². The van der Waals surface area contributed by atoms with Gasteiger partial charge in [-0.05, 0) is 43.2 Å². The molecule has 1 aromatic carbocycles. The zero-order chi connectivity index (χ0) is 21.6. The number of halogens is 1. The van der Waals surface area contributed by atoms with Gasteiger partial charge >= 0.3 is 0 Å². The number of carbonyl (C=O) groups excluding carboxylic acids is 1. The van der Waals surface area contributed by atoms with Crippen LogP contribution in [-0.2, 0) is 11.2 Å². The molecule has 0 aliphatic carbocycles. The van der Waals surface area contributed by atoms with E-state index in [1.54, 1.807) is 6.20 Å². The van der Waals surface area contributed by atoms with Gasteiger partial charge in [-0.25, -0.2) is 15.0 Å². The summed E-state index contributed by atoms with van der Waals surface area (Å²) in [6.07, 6.45) is 2.93. The second-order valence-electron chi connectivity index (χ2n) is 7.50. The van der Waals surface area contributed by atoms with Crippen molar-refractivity contribution in [1.29, 1.82) is 0 Å². The first-order valence-corrected chi connectivity index (χ1v) is 10.8. The number of piperazine rings is 1. The van der Waals surface area contributed by atoms with Crippen molar-refractivity contribution in [3.63, 3.8) is 0 Å². The number of carbonyl (C=O) groups is 1. The molecule has 1 fully saturated rings. The monoisotopic (exact) mass is 436 g/mol. The fraction of sp³-hybridized carbons (Fsp3) is 0.304. The lowest BCUT2D eigenvalue weighted by Gasteiger charge is -2.35. The van der Waals surface area contributed by atoms with Crippen molar-refractivity contribution in [1.82, 2.24) is 19.9 Å². The van der Waals surface area contributed by atoms with Crippen LogP contribution in [0.25, 0.3) is 0 Å². The first-order valence-electron chi connectivity index (χ1n) is 10.4. The van der Waals surface area contributed by atoms with E-state index in [4.69, 9.17) is 11.6 Å².